The zero-order valence-electron chi connectivity index (χ0n) is 14.0. The van der Waals surface area contributed by atoms with Gasteiger partial charge in [-0.2, -0.15) is 52.7 Å². The Balaban J connectivity index is 3.39. The number of ether oxygens (including phenoxy) is 1. The van der Waals surface area contributed by atoms with Crippen LogP contribution in [0.1, 0.15) is 19.3 Å². The predicted molar refractivity (Wildman–Crippen MR) is 70.0 cm³/mol. The van der Waals surface area contributed by atoms with Crippen LogP contribution < -0.4 is 0 Å². The average molecular weight is 458 g/mol. The van der Waals surface area contributed by atoms with Gasteiger partial charge in [0.15, 0.2) is 0 Å². The van der Waals surface area contributed by atoms with Crippen molar-refractivity contribution in [3.05, 3.63) is 12.8 Å². The smallest absolute Gasteiger partial charge is 0.454 e. The molecule has 172 valence electrons. The van der Waals surface area contributed by atoms with E-state index < -0.39 is 73.1 Å². The van der Waals surface area contributed by atoms with Crippen molar-refractivity contribution in [1.82, 2.24) is 0 Å². The topological polar surface area (TPSA) is 49.7 Å². The first-order chi connectivity index (χ1) is 12.6. The van der Waals surface area contributed by atoms with Crippen LogP contribution in [0.25, 0.3) is 0 Å². The van der Waals surface area contributed by atoms with E-state index in [-0.39, 0.29) is 0 Å². The summed E-state index contributed by atoms with van der Waals surface area (Å²) in [7, 11) is 0. The summed E-state index contributed by atoms with van der Waals surface area (Å²) in [5.74, 6) is -30.5. The van der Waals surface area contributed by atoms with Gasteiger partial charge in [-0.1, -0.05) is 6.58 Å². The highest BCUT2D eigenvalue weighted by Crippen LogP contribution is 2.56. The van der Waals surface area contributed by atoms with Gasteiger partial charge in [0.05, 0.1) is 12.4 Å². The SMILES string of the molecule is C=COC1CC(C(F)(F)C(O)(F)C(F)(F)F)CC(C(F)(F)C(O)(F)C(F)(F)F)C1. The first-order valence-corrected chi connectivity index (χ1v) is 7.62. The van der Waals surface area contributed by atoms with Gasteiger partial charge in [0.2, 0.25) is 0 Å². The largest absolute Gasteiger partial charge is 0.499 e. The highest BCUT2D eigenvalue weighted by atomic mass is 19.4. The molecule has 4 unspecified atom stereocenters. The Kier molecular flexibility index (Phi) is 6.54. The van der Waals surface area contributed by atoms with Gasteiger partial charge in [-0.3, -0.25) is 0 Å². The number of aliphatic hydroxyl groups is 2. The fraction of sp³-hybridized carbons (Fsp3) is 0.857. The minimum Gasteiger partial charge on any atom is -0.499 e. The van der Waals surface area contributed by atoms with E-state index in [9.17, 15) is 52.7 Å². The van der Waals surface area contributed by atoms with Crippen LogP contribution in [-0.4, -0.2) is 52.2 Å². The third kappa shape index (κ3) is 4.25. The van der Waals surface area contributed by atoms with E-state index in [0.717, 1.165) is 0 Å². The zero-order valence-corrected chi connectivity index (χ0v) is 14.0. The fourth-order valence-electron chi connectivity index (χ4n) is 3.02. The van der Waals surface area contributed by atoms with Crippen LogP contribution in [0.5, 0.6) is 0 Å². The number of hydrogen-bond acceptors (Lipinski definition) is 3. The lowest BCUT2D eigenvalue weighted by Gasteiger charge is -2.45. The van der Waals surface area contributed by atoms with Crippen molar-refractivity contribution in [2.24, 2.45) is 11.8 Å². The highest BCUT2D eigenvalue weighted by Gasteiger charge is 2.77. The molecule has 1 aliphatic carbocycles. The van der Waals surface area contributed by atoms with Crippen molar-refractivity contribution in [3.8, 4) is 0 Å². The Morgan fingerprint density at radius 3 is 1.21 bits per heavy atom. The molecule has 1 saturated carbocycles. The lowest BCUT2D eigenvalue weighted by atomic mass is 9.71. The molecule has 2 N–H and O–H groups in total. The van der Waals surface area contributed by atoms with Crippen LogP contribution in [0.4, 0.5) is 52.7 Å². The van der Waals surface area contributed by atoms with E-state index in [4.69, 9.17) is 10.2 Å². The molecule has 3 nitrogen and oxygen atoms in total. The van der Waals surface area contributed by atoms with Gasteiger partial charge in [0, 0.05) is 11.8 Å². The monoisotopic (exact) mass is 458 g/mol. The van der Waals surface area contributed by atoms with Gasteiger partial charge >= 0.3 is 35.9 Å². The van der Waals surface area contributed by atoms with Gasteiger partial charge in [-0.05, 0) is 19.3 Å². The Bertz CT molecular complexity index is 550. The third-order valence-electron chi connectivity index (χ3n) is 4.61. The summed E-state index contributed by atoms with van der Waals surface area (Å²) >= 11 is 0. The molecular formula is C14H14F12O3. The third-order valence-corrected chi connectivity index (χ3v) is 4.61. The minimum absolute atomic E-state index is 0.428. The molecule has 0 heterocycles. The van der Waals surface area contributed by atoms with Gasteiger partial charge < -0.3 is 14.9 Å². The van der Waals surface area contributed by atoms with Crippen LogP contribution in [-0.2, 0) is 4.74 Å². The van der Waals surface area contributed by atoms with Crippen molar-refractivity contribution in [3.63, 3.8) is 0 Å². The van der Waals surface area contributed by atoms with Crippen molar-refractivity contribution < 1.29 is 67.6 Å². The average Bonchev–Trinajstić information content (AvgIpc) is 2.52. The quantitative estimate of drug-likeness (QED) is 0.451. The molecule has 0 bridgehead atoms. The Labute approximate surface area is 154 Å². The summed E-state index contributed by atoms with van der Waals surface area (Å²) in [6, 6.07) is 0. The molecule has 0 aliphatic heterocycles. The summed E-state index contributed by atoms with van der Waals surface area (Å²) in [6.45, 7) is 2.90. The van der Waals surface area contributed by atoms with E-state index in [0.29, 0.717) is 6.26 Å². The molecule has 29 heavy (non-hydrogen) atoms. The van der Waals surface area contributed by atoms with Gasteiger partial charge in [-0.15, -0.1) is 0 Å². The zero-order chi connectivity index (χ0) is 23.3. The number of rotatable bonds is 6. The molecule has 0 amide bonds. The maximum atomic E-state index is 14.0. The summed E-state index contributed by atoms with van der Waals surface area (Å²) in [4.78, 5) is 0. The standard InChI is InChI=1S/C14H14F12O3/c1-2-29-8-4-6(9(15,16)11(19,27)13(21,22)23)3-7(5-8)10(17,18)12(20,28)14(24,25)26/h2,6-8,27-28H,1,3-5H2. The molecule has 1 fully saturated rings. The van der Waals surface area contributed by atoms with Crippen LogP contribution in [0.2, 0.25) is 0 Å². The Hall–Kier alpha value is -1.38. The maximum Gasteiger partial charge on any atom is 0.454 e. The number of halogens is 12. The lowest BCUT2D eigenvalue weighted by molar-refractivity contribution is -0.409. The molecular weight excluding hydrogens is 444 g/mol. The highest BCUT2D eigenvalue weighted by molar-refractivity contribution is 5.03. The van der Waals surface area contributed by atoms with Crippen LogP contribution >= 0.6 is 0 Å². The summed E-state index contributed by atoms with van der Waals surface area (Å²) < 4.78 is 162. The molecule has 0 spiro atoms. The number of hydrogen-bond donors (Lipinski definition) is 2. The van der Waals surface area contributed by atoms with E-state index in [1.54, 1.807) is 0 Å². The molecule has 1 aliphatic rings. The minimum atomic E-state index is -6.60. The molecule has 0 aromatic carbocycles. The molecule has 0 aromatic rings. The predicted octanol–water partition coefficient (Wildman–Crippen LogP) is 4.64. The first-order valence-electron chi connectivity index (χ1n) is 7.62. The maximum absolute atomic E-state index is 14.0. The van der Waals surface area contributed by atoms with Gasteiger partial charge in [-0.25, -0.2) is 0 Å². The van der Waals surface area contributed by atoms with Crippen LogP contribution in [0.15, 0.2) is 12.8 Å². The lowest BCUT2D eigenvalue weighted by Crippen LogP contribution is -2.63. The number of alkyl halides is 12. The fourth-order valence-corrected chi connectivity index (χ4v) is 3.02. The second kappa shape index (κ2) is 7.39. The van der Waals surface area contributed by atoms with Gasteiger partial charge in [0.25, 0.3) is 0 Å². The van der Waals surface area contributed by atoms with Crippen molar-refractivity contribution in [2.75, 3.05) is 0 Å². The molecule has 4 atom stereocenters. The van der Waals surface area contributed by atoms with Gasteiger partial charge in [0.1, 0.15) is 0 Å². The molecule has 0 radical (unpaired) electrons. The second-order valence-corrected chi connectivity index (χ2v) is 6.51. The van der Waals surface area contributed by atoms with Crippen molar-refractivity contribution >= 4 is 0 Å². The first kappa shape index (κ1) is 25.7. The van der Waals surface area contributed by atoms with E-state index in [2.05, 4.69) is 11.3 Å². The van der Waals surface area contributed by atoms with Crippen molar-refractivity contribution in [1.29, 1.82) is 0 Å². The Morgan fingerprint density at radius 1 is 0.655 bits per heavy atom. The molecule has 15 heteroatoms. The summed E-state index contributed by atoms with van der Waals surface area (Å²) in [5, 5.41) is 17.3. The Morgan fingerprint density at radius 2 is 0.966 bits per heavy atom. The van der Waals surface area contributed by atoms with E-state index in [1.165, 1.54) is 0 Å². The molecule has 0 aromatic heterocycles. The van der Waals surface area contributed by atoms with Crippen LogP contribution in [0.3, 0.4) is 0 Å². The van der Waals surface area contributed by atoms with E-state index in [1.807, 2.05) is 0 Å². The second-order valence-electron chi connectivity index (χ2n) is 6.51. The van der Waals surface area contributed by atoms with Crippen LogP contribution in [0, 0.1) is 11.8 Å². The molecule has 0 saturated heterocycles. The van der Waals surface area contributed by atoms with Crippen molar-refractivity contribution in [2.45, 2.75) is 61.3 Å². The summed E-state index contributed by atoms with van der Waals surface area (Å²) in [6.07, 6.45) is -19.4. The van der Waals surface area contributed by atoms with E-state index >= 15 is 0 Å². The normalized spacial score (nSPS) is 29.0. The molecule has 1 rings (SSSR count). The summed E-state index contributed by atoms with van der Waals surface area (Å²) in [5.41, 5.74) is 0.